The quantitative estimate of drug-likeness (QED) is 0.462. The first kappa shape index (κ1) is 27.1. The zero-order valence-electron chi connectivity index (χ0n) is 22.7. The summed E-state index contributed by atoms with van der Waals surface area (Å²) in [5, 5.41) is 13.6. The molecule has 0 spiro atoms. The second-order valence-corrected chi connectivity index (χ2v) is 9.69. The molecule has 0 fully saturated rings. The standard InChI is InChI=1S/C30H35NO7/c1-7-16(2)38-30(34)27-17(3)31-21-12-20(18-9-11-24(35-4)26(14-18)37-6)13-23(33)29(21)28(27)19-8-10-22(32)25(15-19)36-5/h8-11,14-16,20,28,31-32H,7,12-13H2,1-6H3/t16-,20+,28+/m1/s1. The van der Waals surface area contributed by atoms with Gasteiger partial charge in [0.2, 0.25) is 0 Å². The molecular weight excluding hydrogens is 486 g/mol. The summed E-state index contributed by atoms with van der Waals surface area (Å²) in [5.74, 6) is 0.211. The van der Waals surface area contributed by atoms with E-state index in [0.717, 1.165) is 11.3 Å². The number of rotatable bonds is 8. The molecule has 202 valence electrons. The molecule has 0 aromatic heterocycles. The number of carbonyl (C=O) groups is 2. The topological polar surface area (TPSA) is 103 Å². The number of aromatic hydroxyl groups is 1. The Morgan fingerprint density at radius 1 is 1.00 bits per heavy atom. The third-order valence-electron chi connectivity index (χ3n) is 7.35. The molecule has 3 atom stereocenters. The van der Waals surface area contributed by atoms with E-state index in [-0.39, 0.29) is 35.7 Å². The van der Waals surface area contributed by atoms with Crippen LogP contribution in [0.5, 0.6) is 23.0 Å². The molecule has 8 heteroatoms. The van der Waals surface area contributed by atoms with E-state index < -0.39 is 11.9 Å². The van der Waals surface area contributed by atoms with E-state index in [1.54, 1.807) is 26.4 Å². The molecule has 0 saturated carbocycles. The van der Waals surface area contributed by atoms with Crippen LogP contribution in [-0.4, -0.2) is 44.3 Å². The van der Waals surface area contributed by atoms with E-state index in [9.17, 15) is 14.7 Å². The number of carbonyl (C=O) groups excluding carboxylic acids is 2. The van der Waals surface area contributed by atoms with Crippen molar-refractivity contribution in [3.05, 3.63) is 70.1 Å². The molecule has 2 N–H and O–H groups in total. The Kier molecular flexibility index (Phi) is 7.99. The van der Waals surface area contributed by atoms with E-state index in [1.807, 2.05) is 39.0 Å². The summed E-state index contributed by atoms with van der Waals surface area (Å²) in [6, 6.07) is 10.6. The number of phenolic OH excluding ortho intramolecular Hbond substituents is 1. The van der Waals surface area contributed by atoms with Gasteiger partial charge in [-0.3, -0.25) is 4.79 Å². The lowest BCUT2D eigenvalue weighted by atomic mass is 9.71. The van der Waals surface area contributed by atoms with Crippen molar-refractivity contribution in [1.82, 2.24) is 5.32 Å². The average Bonchev–Trinajstić information content (AvgIpc) is 2.91. The number of dihydropyridines is 1. The molecule has 1 aliphatic carbocycles. The highest BCUT2D eigenvalue weighted by molar-refractivity contribution is 6.04. The van der Waals surface area contributed by atoms with Gasteiger partial charge in [0.05, 0.1) is 33.0 Å². The Hall–Kier alpha value is -3.94. The zero-order chi connectivity index (χ0) is 27.6. The first-order chi connectivity index (χ1) is 18.2. The Balaban J connectivity index is 1.80. The van der Waals surface area contributed by atoms with Gasteiger partial charge in [-0.1, -0.05) is 19.1 Å². The second kappa shape index (κ2) is 11.2. The molecule has 1 heterocycles. The minimum Gasteiger partial charge on any atom is -0.504 e. The zero-order valence-corrected chi connectivity index (χ0v) is 22.7. The van der Waals surface area contributed by atoms with Gasteiger partial charge in [-0.25, -0.2) is 4.79 Å². The Bertz CT molecular complexity index is 1310. The van der Waals surface area contributed by atoms with Crippen LogP contribution in [0.15, 0.2) is 58.9 Å². The van der Waals surface area contributed by atoms with Gasteiger partial charge in [-0.15, -0.1) is 0 Å². The Labute approximate surface area is 223 Å². The largest absolute Gasteiger partial charge is 0.504 e. The second-order valence-electron chi connectivity index (χ2n) is 9.69. The van der Waals surface area contributed by atoms with E-state index in [1.165, 1.54) is 13.2 Å². The van der Waals surface area contributed by atoms with Crippen molar-refractivity contribution in [2.75, 3.05) is 21.3 Å². The van der Waals surface area contributed by atoms with Gasteiger partial charge in [-0.05, 0) is 68.0 Å². The molecule has 2 aromatic carbocycles. The fraction of sp³-hybridized carbons (Fsp3) is 0.400. The number of ether oxygens (including phenoxy) is 4. The molecule has 0 bridgehead atoms. The summed E-state index contributed by atoms with van der Waals surface area (Å²) in [4.78, 5) is 27.3. The van der Waals surface area contributed by atoms with Crippen LogP contribution in [0.3, 0.4) is 0 Å². The molecule has 0 saturated heterocycles. The molecule has 2 aromatic rings. The van der Waals surface area contributed by atoms with Crippen LogP contribution in [0.25, 0.3) is 0 Å². The van der Waals surface area contributed by atoms with Crippen LogP contribution in [-0.2, 0) is 14.3 Å². The van der Waals surface area contributed by atoms with Crippen LogP contribution in [0.2, 0.25) is 0 Å². The van der Waals surface area contributed by atoms with Crippen molar-refractivity contribution >= 4 is 11.8 Å². The van der Waals surface area contributed by atoms with Gasteiger partial charge < -0.3 is 29.4 Å². The summed E-state index contributed by atoms with van der Waals surface area (Å²) >= 11 is 0. The molecule has 1 aliphatic heterocycles. The fourth-order valence-corrected chi connectivity index (χ4v) is 5.19. The highest BCUT2D eigenvalue weighted by atomic mass is 16.5. The smallest absolute Gasteiger partial charge is 0.337 e. The third kappa shape index (κ3) is 5.08. The van der Waals surface area contributed by atoms with Gasteiger partial charge in [0.25, 0.3) is 0 Å². The average molecular weight is 522 g/mol. The summed E-state index contributed by atoms with van der Waals surface area (Å²) < 4.78 is 21.9. The first-order valence-electron chi connectivity index (χ1n) is 12.8. The number of benzene rings is 2. The number of hydrogen-bond acceptors (Lipinski definition) is 8. The third-order valence-corrected chi connectivity index (χ3v) is 7.35. The van der Waals surface area contributed by atoms with E-state index in [2.05, 4.69) is 5.32 Å². The van der Waals surface area contributed by atoms with Crippen molar-refractivity contribution in [1.29, 1.82) is 0 Å². The molecule has 0 radical (unpaired) electrons. The number of hydrogen-bond donors (Lipinski definition) is 2. The highest BCUT2D eigenvalue weighted by Gasteiger charge is 2.42. The van der Waals surface area contributed by atoms with Crippen LogP contribution in [0.1, 0.15) is 63.0 Å². The molecule has 0 unspecified atom stereocenters. The maximum Gasteiger partial charge on any atom is 0.337 e. The van der Waals surface area contributed by atoms with E-state index in [0.29, 0.717) is 46.7 Å². The molecule has 2 aliphatic rings. The number of allylic oxidation sites excluding steroid dienone is 3. The predicted octanol–water partition coefficient (Wildman–Crippen LogP) is 5.12. The summed E-state index contributed by atoms with van der Waals surface area (Å²) in [5.41, 5.74) is 3.97. The van der Waals surface area contributed by atoms with Gasteiger partial charge in [0.15, 0.2) is 28.8 Å². The van der Waals surface area contributed by atoms with Gasteiger partial charge in [0.1, 0.15) is 0 Å². The highest BCUT2D eigenvalue weighted by Crippen LogP contribution is 2.47. The molecule has 8 nitrogen and oxygen atoms in total. The molecule has 4 rings (SSSR count). The Morgan fingerprint density at radius 2 is 1.66 bits per heavy atom. The number of phenols is 1. The number of Topliss-reactive ketones (excluding diaryl/α,β-unsaturated/α-hetero) is 1. The first-order valence-corrected chi connectivity index (χ1v) is 12.8. The number of ketones is 1. The lowest BCUT2D eigenvalue weighted by Gasteiger charge is -2.37. The number of nitrogens with one attached hydrogen (secondary N) is 1. The maximum atomic E-state index is 13.8. The fourth-order valence-electron chi connectivity index (χ4n) is 5.19. The van der Waals surface area contributed by atoms with Gasteiger partial charge in [0, 0.05) is 29.3 Å². The number of methoxy groups -OCH3 is 3. The lowest BCUT2D eigenvalue weighted by molar-refractivity contribution is -0.144. The lowest BCUT2D eigenvalue weighted by Crippen LogP contribution is -2.36. The van der Waals surface area contributed by atoms with Crippen LogP contribution >= 0.6 is 0 Å². The Morgan fingerprint density at radius 3 is 2.32 bits per heavy atom. The molecule has 0 amide bonds. The monoisotopic (exact) mass is 521 g/mol. The van der Waals surface area contributed by atoms with Crippen LogP contribution in [0.4, 0.5) is 0 Å². The predicted molar refractivity (Wildman–Crippen MR) is 143 cm³/mol. The van der Waals surface area contributed by atoms with Crippen molar-refractivity contribution in [3.8, 4) is 23.0 Å². The van der Waals surface area contributed by atoms with Crippen LogP contribution < -0.4 is 19.5 Å². The van der Waals surface area contributed by atoms with Crippen molar-refractivity contribution in [3.63, 3.8) is 0 Å². The molecular formula is C30H35NO7. The number of esters is 1. The van der Waals surface area contributed by atoms with Crippen molar-refractivity contribution in [2.24, 2.45) is 0 Å². The van der Waals surface area contributed by atoms with E-state index in [4.69, 9.17) is 18.9 Å². The minimum absolute atomic E-state index is 0.0210. The SMILES string of the molecule is CC[C@@H](C)OC(=O)C1=C(C)NC2=C(C(=O)C[C@@H](c3ccc(OC)c(OC)c3)C2)[C@H]1c1ccc(O)c(OC)c1. The molecule has 38 heavy (non-hydrogen) atoms. The van der Waals surface area contributed by atoms with Crippen molar-refractivity contribution < 1.29 is 33.6 Å². The minimum atomic E-state index is -0.656. The summed E-state index contributed by atoms with van der Waals surface area (Å²) in [7, 11) is 4.63. The van der Waals surface area contributed by atoms with Gasteiger partial charge in [-0.2, -0.15) is 0 Å². The van der Waals surface area contributed by atoms with Gasteiger partial charge >= 0.3 is 5.97 Å². The summed E-state index contributed by atoms with van der Waals surface area (Å²) in [6.07, 6.45) is 1.25. The van der Waals surface area contributed by atoms with Crippen molar-refractivity contribution in [2.45, 2.75) is 58.0 Å². The van der Waals surface area contributed by atoms with E-state index >= 15 is 0 Å². The maximum absolute atomic E-state index is 13.8. The van der Waals surface area contributed by atoms with Crippen LogP contribution in [0, 0.1) is 0 Å². The summed E-state index contributed by atoms with van der Waals surface area (Å²) in [6.45, 7) is 5.61. The normalized spacial score (nSPS) is 19.9.